The summed E-state index contributed by atoms with van der Waals surface area (Å²) in [6, 6.07) is 6.50. The molecule has 3 aliphatic heterocycles. The predicted octanol–water partition coefficient (Wildman–Crippen LogP) is 1.66. The number of likely N-dealkylation sites (tertiary alicyclic amines) is 1. The Bertz CT molecular complexity index is 625. The van der Waals surface area contributed by atoms with Crippen molar-refractivity contribution >= 4 is 5.91 Å². The van der Waals surface area contributed by atoms with Crippen molar-refractivity contribution in [3.05, 3.63) is 35.6 Å². The number of nitrogens with zero attached hydrogens (tertiary/aromatic N) is 2. The third-order valence-electron chi connectivity index (χ3n) is 5.73. The summed E-state index contributed by atoms with van der Waals surface area (Å²) in [5.74, 6) is -0.161. The van der Waals surface area contributed by atoms with Crippen LogP contribution < -0.4 is 5.43 Å². The zero-order valence-electron chi connectivity index (χ0n) is 15.0. The molecule has 3 saturated heterocycles. The van der Waals surface area contributed by atoms with E-state index >= 15 is 0 Å². The molecule has 1 spiro atoms. The second kappa shape index (κ2) is 7.60. The molecule has 0 bridgehead atoms. The summed E-state index contributed by atoms with van der Waals surface area (Å²) in [7, 11) is 0. The molecule has 1 aromatic carbocycles. The first kappa shape index (κ1) is 17.9. The van der Waals surface area contributed by atoms with Crippen LogP contribution in [0.2, 0.25) is 0 Å². The van der Waals surface area contributed by atoms with Crippen LogP contribution in [-0.2, 0) is 20.8 Å². The van der Waals surface area contributed by atoms with E-state index in [0.29, 0.717) is 26.2 Å². The van der Waals surface area contributed by atoms with Crippen molar-refractivity contribution in [2.75, 3.05) is 32.8 Å². The van der Waals surface area contributed by atoms with Crippen LogP contribution in [0.3, 0.4) is 0 Å². The molecule has 0 aromatic heterocycles. The van der Waals surface area contributed by atoms with Gasteiger partial charge in [0.2, 0.25) is 5.91 Å². The van der Waals surface area contributed by atoms with Crippen LogP contribution in [-0.4, -0.2) is 60.5 Å². The van der Waals surface area contributed by atoms with Gasteiger partial charge in [-0.15, -0.1) is 0 Å². The number of carbonyl (C=O) groups is 1. The quantitative estimate of drug-likeness (QED) is 0.862. The highest BCUT2D eigenvalue weighted by atomic mass is 19.1. The van der Waals surface area contributed by atoms with Crippen molar-refractivity contribution in [2.24, 2.45) is 0 Å². The molecule has 3 fully saturated rings. The lowest BCUT2D eigenvalue weighted by Gasteiger charge is -2.43. The van der Waals surface area contributed by atoms with Gasteiger partial charge >= 0.3 is 0 Å². The number of carbonyl (C=O) groups excluding carboxylic acids is 1. The predicted molar refractivity (Wildman–Crippen MR) is 93.4 cm³/mol. The Balaban J connectivity index is 1.34. The molecule has 1 N–H and O–H groups in total. The molecule has 4 rings (SSSR count). The molecule has 0 unspecified atom stereocenters. The minimum Gasteiger partial charge on any atom is -0.350 e. The van der Waals surface area contributed by atoms with Gasteiger partial charge in [-0.1, -0.05) is 12.1 Å². The lowest BCUT2D eigenvalue weighted by atomic mass is 9.84. The van der Waals surface area contributed by atoms with Gasteiger partial charge in [0, 0.05) is 25.9 Å². The lowest BCUT2D eigenvalue weighted by Crippen LogP contribution is -2.54. The molecule has 1 aromatic rings. The highest BCUT2D eigenvalue weighted by Crippen LogP contribution is 2.36. The van der Waals surface area contributed by atoms with E-state index in [9.17, 15) is 9.18 Å². The summed E-state index contributed by atoms with van der Waals surface area (Å²) >= 11 is 0. The average molecular weight is 363 g/mol. The Kier molecular flexibility index (Phi) is 5.22. The highest BCUT2D eigenvalue weighted by molar-refractivity contribution is 5.79. The lowest BCUT2D eigenvalue weighted by molar-refractivity contribution is -0.121. The van der Waals surface area contributed by atoms with E-state index in [4.69, 9.17) is 9.47 Å². The number of hydrogen-bond donors (Lipinski definition) is 1. The van der Waals surface area contributed by atoms with Gasteiger partial charge in [-0.25, -0.2) is 9.40 Å². The zero-order chi connectivity index (χ0) is 18.0. The Morgan fingerprint density at radius 1 is 1.15 bits per heavy atom. The number of amides is 1. The van der Waals surface area contributed by atoms with Crippen molar-refractivity contribution in [3.8, 4) is 0 Å². The van der Waals surface area contributed by atoms with Gasteiger partial charge in [0.15, 0.2) is 6.29 Å². The van der Waals surface area contributed by atoms with Crippen LogP contribution >= 0.6 is 0 Å². The van der Waals surface area contributed by atoms with Crippen LogP contribution in [0.5, 0.6) is 0 Å². The first-order chi connectivity index (χ1) is 12.6. The summed E-state index contributed by atoms with van der Waals surface area (Å²) in [5, 5.41) is 2.07. The molecule has 6 nitrogen and oxygen atoms in total. The van der Waals surface area contributed by atoms with E-state index in [0.717, 1.165) is 44.5 Å². The van der Waals surface area contributed by atoms with Gasteiger partial charge in [0.05, 0.1) is 18.8 Å². The van der Waals surface area contributed by atoms with Crippen molar-refractivity contribution in [3.63, 3.8) is 0 Å². The van der Waals surface area contributed by atoms with E-state index in [1.54, 1.807) is 12.1 Å². The van der Waals surface area contributed by atoms with Gasteiger partial charge in [-0.3, -0.25) is 10.2 Å². The minimum absolute atomic E-state index is 0.0596. The molecule has 0 atom stereocenters. The molecule has 142 valence electrons. The number of benzene rings is 1. The Hall–Kier alpha value is -1.54. The molecule has 3 aliphatic rings. The number of piperidine rings is 1. The van der Waals surface area contributed by atoms with Crippen LogP contribution in [0.4, 0.5) is 4.39 Å². The number of hydrogen-bond acceptors (Lipinski definition) is 5. The van der Waals surface area contributed by atoms with E-state index in [2.05, 4.69) is 15.3 Å². The summed E-state index contributed by atoms with van der Waals surface area (Å²) in [6.07, 6.45) is 3.26. The SMILES string of the molecule is O=C1CC2(CCN(CCC3OCCO3)CC2)N(Cc2ccc(F)cc2)N1. The molecule has 1 amide bonds. The van der Waals surface area contributed by atoms with E-state index in [1.807, 2.05) is 0 Å². The van der Waals surface area contributed by atoms with Gasteiger partial charge in [-0.2, -0.15) is 0 Å². The summed E-state index contributed by atoms with van der Waals surface area (Å²) in [4.78, 5) is 14.5. The highest BCUT2D eigenvalue weighted by Gasteiger charge is 2.46. The first-order valence-electron chi connectivity index (χ1n) is 9.40. The minimum atomic E-state index is -0.238. The fraction of sp³-hybridized carbons (Fsp3) is 0.632. The Morgan fingerprint density at radius 2 is 1.85 bits per heavy atom. The van der Waals surface area contributed by atoms with Crippen LogP contribution in [0, 0.1) is 5.82 Å². The van der Waals surface area contributed by atoms with Crippen LogP contribution in [0.1, 0.15) is 31.2 Å². The zero-order valence-corrected chi connectivity index (χ0v) is 15.0. The van der Waals surface area contributed by atoms with Crippen molar-refractivity contribution in [2.45, 2.75) is 44.1 Å². The monoisotopic (exact) mass is 363 g/mol. The van der Waals surface area contributed by atoms with Gasteiger partial charge in [0.25, 0.3) is 0 Å². The molecule has 0 radical (unpaired) electrons. The third-order valence-corrected chi connectivity index (χ3v) is 5.73. The normalized spacial score (nSPS) is 24.4. The first-order valence-corrected chi connectivity index (χ1v) is 9.40. The van der Waals surface area contributed by atoms with Gasteiger partial charge < -0.3 is 14.4 Å². The Labute approximate surface area is 153 Å². The van der Waals surface area contributed by atoms with Gasteiger partial charge in [0.1, 0.15) is 5.82 Å². The number of ether oxygens (including phenoxy) is 2. The average Bonchev–Trinajstić information content (AvgIpc) is 3.25. The maximum atomic E-state index is 13.1. The van der Waals surface area contributed by atoms with Crippen molar-refractivity contribution in [1.82, 2.24) is 15.3 Å². The molecule has 26 heavy (non-hydrogen) atoms. The van der Waals surface area contributed by atoms with Crippen LogP contribution in [0.15, 0.2) is 24.3 Å². The fourth-order valence-corrected chi connectivity index (χ4v) is 4.18. The second-order valence-corrected chi connectivity index (χ2v) is 7.45. The third kappa shape index (κ3) is 3.91. The topological polar surface area (TPSA) is 54.0 Å². The van der Waals surface area contributed by atoms with E-state index in [1.165, 1.54) is 12.1 Å². The number of hydrazine groups is 1. The maximum Gasteiger partial charge on any atom is 0.236 e. The number of rotatable bonds is 5. The molecular formula is C19H26FN3O3. The van der Waals surface area contributed by atoms with Gasteiger partial charge in [-0.05, 0) is 43.6 Å². The maximum absolute atomic E-state index is 13.1. The smallest absolute Gasteiger partial charge is 0.236 e. The molecule has 0 saturated carbocycles. The van der Waals surface area contributed by atoms with E-state index in [-0.39, 0.29) is 23.6 Å². The second-order valence-electron chi connectivity index (χ2n) is 7.45. The number of nitrogens with one attached hydrogen (secondary N) is 1. The summed E-state index contributed by atoms with van der Waals surface area (Å²) in [6.45, 7) is 4.87. The standard InChI is InChI=1S/C19H26FN3O3/c20-16-3-1-15(2-4-16)14-23-19(13-17(24)21-23)6-9-22(10-7-19)8-5-18-25-11-12-26-18/h1-4,18H,5-14H2,(H,21,24). The number of halogens is 1. The van der Waals surface area contributed by atoms with Crippen LogP contribution in [0.25, 0.3) is 0 Å². The fourth-order valence-electron chi connectivity index (χ4n) is 4.18. The molecule has 0 aliphatic carbocycles. The Morgan fingerprint density at radius 3 is 2.54 bits per heavy atom. The largest absolute Gasteiger partial charge is 0.350 e. The summed E-state index contributed by atoms with van der Waals surface area (Å²) < 4.78 is 24.1. The molecule has 3 heterocycles. The van der Waals surface area contributed by atoms with E-state index < -0.39 is 0 Å². The van der Waals surface area contributed by atoms with Crippen molar-refractivity contribution < 1.29 is 18.7 Å². The molecule has 7 heteroatoms. The molecular weight excluding hydrogens is 337 g/mol. The summed E-state index contributed by atoms with van der Waals surface area (Å²) in [5.41, 5.74) is 3.88. The van der Waals surface area contributed by atoms with Crippen molar-refractivity contribution in [1.29, 1.82) is 0 Å².